The second-order valence-electron chi connectivity index (χ2n) is 8.99. The van der Waals surface area contributed by atoms with Gasteiger partial charge in [-0.05, 0) is 49.9 Å². The maximum atomic E-state index is 13.5. The van der Waals surface area contributed by atoms with Crippen molar-refractivity contribution in [3.05, 3.63) is 82.4 Å². The molecule has 0 radical (unpaired) electrons. The number of ether oxygens (including phenoxy) is 1. The van der Waals surface area contributed by atoms with Crippen molar-refractivity contribution in [1.82, 2.24) is 14.7 Å². The highest BCUT2D eigenvalue weighted by molar-refractivity contribution is 6.06. The molecule has 11 heteroatoms. The van der Waals surface area contributed by atoms with Crippen LogP contribution in [0, 0.1) is 11.2 Å². The molecule has 1 atom stereocenters. The number of hydrogen-bond acceptors (Lipinski definition) is 8. The van der Waals surface area contributed by atoms with Gasteiger partial charge in [0.05, 0.1) is 18.8 Å². The number of aromatic nitrogens is 2. The molecule has 2 aromatic carbocycles. The van der Waals surface area contributed by atoms with Crippen LogP contribution in [-0.2, 0) is 9.53 Å². The van der Waals surface area contributed by atoms with Crippen molar-refractivity contribution in [2.75, 3.05) is 49.7 Å². The normalized spacial score (nSPS) is 17.0. The van der Waals surface area contributed by atoms with Gasteiger partial charge in [-0.2, -0.15) is 5.10 Å². The van der Waals surface area contributed by atoms with Crippen LogP contribution in [-0.4, -0.2) is 66.4 Å². The van der Waals surface area contributed by atoms with E-state index in [0.717, 1.165) is 32.5 Å². The monoisotopic (exact) mass is 519 g/mol. The molecule has 1 amide bonds. The summed E-state index contributed by atoms with van der Waals surface area (Å²) in [5.41, 5.74) is 8.95. The summed E-state index contributed by atoms with van der Waals surface area (Å²) in [7, 11) is 2.11. The number of rotatable bonds is 5. The number of nitrogens with one attached hydrogen (secondary N) is 3. The van der Waals surface area contributed by atoms with E-state index in [-0.39, 0.29) is 5.69 Å². The number of benzene rings is 2. The number of nitrogen functional groups attached to an aromatic ring is 1. The van der Waals surface area contributed by atoms with Gasteiger partial charge in [-0.1, -0.05) is 12.1 Å². The van der Waals surface area contributed by atoms with Gasteiger partial charge in [-0.15, -0.1) is 0 Å². The Bertz CT molecular complexity index is 1360. The lowest BCUT2D eigenvalue weighted by Crippen LogP contribution is -2.32. The number of hydrogen-bond donors (Lipinski definition) is 4. The third kappa shape index (κ3) is 5.96. The first-order chi connectivity index (χ1) is 18.3. The molecule has 0 bridgehead atoms. The summed E-state index contributed by atoms with van der Waals surface area (Å²) in [6.45, 7) is 5.77. The summed E-state index contributed by atoms with van der Waals surface area (Å²) < 4.78 is 20.2. The van der Waals surface area contributed by atoms with Gasteiger partial charge in [0.1, 0.15) is 23.4 Å². The number of halogens is 1. The second kappa shape index (κ2) is 11.8. The predicted octanol–water partition coefficient (Wildman–Crippen LogP) is 3.29. The highest BCUT2D eigenvalue weighted by Crippen LogP contribution is 2.36. The fourth-order valence-electron chi connectivity index (χ4n) is 4.23. The number of amides is 1. The quantitative estimate of drug-likeness (QED) is 0.231. The molecule has 1 unspecified atom stereocenters. The van der Waals surface area contributed by atoms with Crippen LogP contribution in [0.15, 0.2) is 59.8 Å². The number of carbonyl (C=O) groups excluding carboxylic acids is 2. The molecular formula is C27H30FN7O3. The number of aldehydes is 1. The molecule has 5 N–H and O–H groups in total. The summed E-state index contributed by atoms with van der Waals surface area (Å²) in [4.78, 5) is 26.8. The standard InChI is InChI=1S/C22H19FN6O2.C5H11NO/c1-12-20(22(31)27-16-6-7-18(25)14(8-16)10-24)21(13-2-4-15(23)5-3-13)29-19(26-12)9-17(11-30)28-29;1-6-2-4-7-5-3-6/h2-11,21,24,26H,25H2,1H3,(H,27,31);2-5H2,1H3. The molecule has 0 saturated carbocycles. The van der Waals surface area contributed by atoms with Crippen LogP contribution < -0.4 is 16.4 Å². The van der Waals surface area contributed by atoms with E-state index in [1.165, 1.54) is 16.8 Å². The molecule has 2 aliphatic rings. The second-order valence-corrected chi connectivity index (χ2v) is 8.99. The average Bonchev–Trinajstić information content (AvgIpc) is 3.33. The van der Waals surface area contributed by atoms with Crippen molar-refractivity contribution in [3.8, 4) is 0 Å². The van der Waals surface area contributed by atoms with Gasteiger partial charge in [0.25, 0.3) is 5.91 Å². The Labute approximate surface area is 219 Å². The highest BCUT2D eigenvalue weighted by atomic mass is 19.1. The van der Waals surface area contributed by atoms with Crippen molar-refractivity contribution in [2.45, 2.75) is 13.0 Å². The van der Waals surface area contributed by atoms with Gasteiger partial charge in [0.15, 0.2) is 6.29 Å². The smallest absolute Gasteiger partial charge is 0.255 e. The number of likely N-dealkylation sites (N-methyl/N-ethyl adjacent to an activating group) is 1. The van der Waals surface area contributed by atoms with Crippen molar-refractivity contribution < 1.29 is 18.7 Å². The fraction of sp³-hybridized carbons (Fsp3) is 0.259. The molecule has 0 aliphatic carbocycles. The molecule has 1 fully saturated rings. The van der Waals surface area contributed by atoms with Gasteiger partial charge >= 0.3 is 0 Å². The average molecular weight is 520 g/mol. The number of nitrogens with two attached hydrogens (primary N) is 1. The summed E-state index contributed by atoms with van der Waals surface area (Å²) in [5.74, 6) is -0.266. The molecule has 2 aliphatic heterocycles. The van der Waals surface area contributed by atoms with Crippen LogP contribution in [0.5, 0.6) is 0 Å². The summed E-state index contributed by atoms with van der Waals surface area (Å²) >= 11 is 0. The maximum absolute atomic E-state index is 13.5. The lowest BCUT2D eigenvalue weighted by molar-refractivity contribution is -0.113. The fourth-order valence-corrected chi connectivity index (χ4v) is 4.23. The van der Waals surface area contributed by atoms with Crippen molar-refractivity contribution in [3.63, 3.8) is 0 Å². The number of nitrogens with zero attached hydrogens (tertiary/aromatic N) is 3. The first-order valence-corrected chi connectivity index (χ1v) is 12.1. The summed E-state index contributed by atoms with van der Waals surface area (Å²) in [6, 6.07) is 11.5. The lowest BCUT2D eigenvalue weighted by Gasteiger charge is -2.29. The Hall–Kier alpha value is -4.35. The third-order valence-corrected chi connectivity index (χ3v) is 6.28. The molecule has 0 spiro atoms. The van der Waals surface area contributed by atoms with E-state index in [1.54, 1.807) is 43.3 Å². The maximum Gasteiger partial charge on any atom is 0.255 e. The third-order valence-electron chi connectivity index (χ3n) is 6.28. The molecule has 1 saturated heterocycles. The Morgan fingerprint density at radius 1 is 1.21 bits per heavy atom. The van der Waals surface area contributed by atoms with E-state index < -0.39 is 17.8 Å². The number of carbonyl (C=O) groups is 2. The van der Waals surface area contributed by atoms with Crippen LogP contribution >= 0.6 is 0 Å². The van der Waals surface area contributed by atoms with Gasteiger partial charge in [-0.3, -0.25) is 9.59 Å². The van der Waals surface area contributed by atoms with Crippen LogP contribution in [0.25, 0.3) is 0 Å². The zero-order valence-electron chi connectivity index (χ0n) is 21.2. The van der Waals surface area contributed by atoms with Crippen LogP contribution in [0.3, 0.4) is 0 Å². The lowest BCUT2D eigenvalue weighted by atomic mass is 9.94. The molecule has 10 nitrogen and oxygen atoms in total. The van der Waals surface area contributed by atoms with Crippen molar-refractivity contribution in [1.29, 1.82) is 5.41 Å². The van der Waals surface area contributed by atoms with Crippen molar-refractivity contribution >= 4 is 35.6 Å². The summed E-state index contributed by atoms with van der Waals surface area (Å²) in [5, 5.41) is 17.7. The van der Waals surface area contributed by atoms with E-state index in [0.29, 0.717) is 45.9 Å². The first kappa shape index (κ1) is 26.7. The van der Waals surface area contributed by atoms with Gasteiger partial charge < -0.3 is 31.4 Å². The molecular weight excluding hydrogens is 489 g/mol. The minimum absolute atomic E-state index is 0.207. The van der Waals surface area contributed by atoms with Crippen LogP contribution in [0.1, 0.15) is 34.6 Å². The Kier molecular flexibility index (Phi) is 8.29. The Morgan fingerprint density at radius 3 is 2.53 bits per heavy atom. The van der Waals surface area contributed by atoms with E-state index in [9.17, 15) is 14.0 Å². The minimum atomic E-state index is -0.679. The molecule has 38 heavy (non-hydrogen) atoms. The molecule has 5 rings (SSSR count). The van der Waals surface area contributed by atoms with E-state index in [4.69, 9.17) is 15.9 Å². The summed E-state index contributed by atoms with van der Waals surface area (Å²) in [6.07, 6.45) is 1.73. The molecule has 3 aromatic rings. The number of anilines is 3. The van der Waals surface area contributed by atoms with E-state index in [1.807, 2.05) is 0 Å². The van der Waals surface area contributed by atoms with Crippen molar-refractivity contribution in [2.24, 2.45) is 0 Å². The zero-order valence-corrected chi connectivity index (χ0v) is 21.2. The SMILES string of the molecule is CC1=C(C(=O)Nc2ccc(N)c(C=N)c2)C(c2ccc(F)cc2)n2nc(C=O)cc2N1.CN1CCOCC1. The first-order valence-electron chi connectivity index (χ1n) is 12.1. The molecule has 3 heterocycles. The van der Waals surface area contributed by atoms with E-state index >= 15 is 0 Å². The van der Waals surface area contributed by atoms with Gasteiger partial charge in [0.2, 0.25) is 0 Å². The number of allylic oxidation sites excluding steroid dienone is 1. The number of fused-ring (bicyclic) bond motifs is 1. The topological polar surface area (TPSA) is 138 Å². The van der Waals surface area contributed by atoms with Crippen LogP contribution in [0.2, 0.25) is 0 Å². The van der Waals surface area contributed by atoms with Gasteiger partial charge in [0, 0.05) is 48.0 Å². The molecule has 198 valence electrons. The Balaban J connectivity index is 0.000000417. The Morgan fingerprint density at radius 2 is 1.92 bits per heavy atom. The van der Waals surface area contributed by atoms with Crippen LogP contribution in [0.4, 0.5) is 21.6 Å². The van der Waals surface area contributed by atoms with E-state index in [2.05, 4.69) is 27.7 Å². The predicted molar refractivity (Wildman–Crippen MR) is 144 cm³/mol. The number of morpholine rings is 1. The molecule has 1 aromatic heterocycles. The van der Waals surface area contributed by atoms with Gasteiger partial charge in [-0.25, -0.2) is 9.07 Å². The zero-order chi connectivity index (χ0) is 27.2. The minimum Gasteiger partial charge on any atom is -0.398 e. The highest BCUT2D eigenvalue weighted by Gasteiger charge is 2.33. The largest absolute Gasteiger partial charge is 0.398 e.